The summed E-state index contributed by atoms with van der Waals surface area (Å²) >= 11 is 12.4. The molecule has 2 aliphatic heterocycles. The Kier molecular flexibility index (Phi) is 8.59. The molecular weight excluding hydrogens is 549 g/mol. The average molecular weight is 581 g/mol. The van der Waals surface area contributed by atoms with Crippen molar-refractivity contribution >= 4 is 41.0 Å². The molecule has 2 atom stereocenters. The number of carbonyl (C=O) groups excluding carboxylic acids is 3. The van der Waals surface area contributed by atoms with E-state index >= 15 is 0 Å². The molecule has 8 nitrogen and oxygen atoms in total. The van der Waals surface area contributed by atoms with Crippen molar-refractivity contribution in [2.75, 3.05) is 19.6 Å². The second-order valence-corrected chi connectivity index (χ2v) is 10.7. The molecule has 0 bridgehead atoms. The molecule has 2 saturated heterocycles. The van der Waals surface area contributed by atoms with Gasteiger partial charge in [0.1, 0.15) is 12.2 Å². The van der Waals surface area contributed by atoms with Crippen molar-refractivity contribution in [3.63, 3.8) is 0 Å². The Morgan fingerprint density at radius 3 is 2.23 bits per heavy atom. The number of amides is 4. The fourth-order valence-electron chi connectivity index (χ4n) is 5.36. The maximum absolute atomic E-state index is 14.0. The first-order chi connectivity index (χ1) is 19.4. The van der Waals surface area contributed by atoms with E-state index in [9.17, 15) is 14.4 Å². The quantitative estimate of drug-likeness (QED) is 0.445. The summed E-state index contributed by atoms with van der Waals surface area (Å²) < 4.78 is 0. The molecule has 5 rings (SSSR count). The molecule has 0 unspecified atom stereocenters. The van der Waals surface area contributed by atoms with Gasteiger partial charge in [-0.3, -0.25) is 9.59 Å². The first-order valence-electron chi connectivity index (χ1n) is 13.3. The van der Waals surface area contributed by atoms with Gasteiger partial charge in [0.25, 0.3) is 0 Å². The van der Waals surface area contributed by atoms with E-state index in [2.05, 4.69) is 5.32 Å². The minimum Gasteiger partial charge on any atom is -0.333 e. The van der Waals surface area contributed by atoms with Gasteiger partial charge in [0.2, 0.25) is 11.8 Å². The number of urea groups is 1. The molecule has 0 aliphatic carbocycles. The van der Waals surface area contributed by atoms with Crippen molar-refractivity contribution in [3.05, 3.63) is 106 Å². The number of carbonyl (C=O) groups is 3. The summed E-state index contributed by atoms with van der Waals surface area (Å²) in [5, 5.41) is 7.19. The summed E-state index contributed by atoms with van der Waals surface area (Å²) in [5.41, 5.74) is 2.71. The number of fused-ring (bicyclic) bond motifs is 1. The number of hydrogen-bond donors (Lipinski definition) is 1. The molecule has 2 aliphatic rings. The minimum atomic E-state index is -0.764. The van der Waals surface area contributed by atoms with E-state index in [1.54, 1.807) is 32.0 Å². The molecule has 3 aromatic carbocycles. The van der Waals surface area contributed by atoms with Crippen LogP contribution in [0.3, 0.4) is 0 Å². The lowest BCUT2D eigenvalue weighted by Crippen LogP contribution is -2.76. The van der Waals surface area contributed by atoms with Gasteiger partial charge in [-0.2, -0.15) is 0 Å². The second kappa shape index (κ2) is 12.3. The largest absolute Gasteiger partial charge is 0.334 e. The van der Waals surface area contributed by atoms with E-state index in [0.29, 0.717) is 29.6 Å². The molecule has 4 amide bonds. The predicted octanol–water partition coefficient (Wildman–Crippen LogP) is 4.56. The molecule has 0 aromatic heterocycles. The zero-order valence-electron chi connectivity index (χ0n) is 22.2. The fourth-order valence-corrected chi connectivity index (χ4v) is 5.68. The Labute approximate surface area is 244 Å². The monoisotopic (exact) mass is 579 g/mol. The normalized spacial score (nSPS) is 19.5. The lowest BCUT2D eigenvalue weighted by atomic mass is 9.98. The molecule has 208 valence electrons. The summed E-state index contributed by atoms with van der Waals surface area (Å²) in [5.74, 6) is -0.350. The number of halogens is 2. The third kappa shape index (κ3) is 5.94. The summed E-state index contributed by atoms with van der Waals surface area (Å²) in [7, 11) is 0. The van der Waals surface area contributed by atoms with Crippen LogP contribution in [0.1, 0.15) is 23.6 Å². The highest BCUT2D eigenvalue weighted by atomic mass is 35.5. The van der Waals surface area contributed by atoms with Crippen LogP contribution in [0.2, 0.25) is 10.0 Å². The van der Waals surface area contributed by atoms with E-state index in [-0.39, 0.29) is 37.5 Å². The Morgan fingerprint density at radius 1 is 0.900 bits per heavy atom. The molecule has 2 heterocycles. The van der Waals surface area contributed by atoms with Gasteiger partial charge in [0, 0.05) is 26.1 Å². The molecule has 10 heteroatoms. The Morgan fingerprint density at radius 2 is 1.57 bits per heavy atom. The van der Waals surface area contributed by atoms with Gasteiger partial charge < -0.3 is 15.1 Å². The van der Waals surface area contributed by atoms with Crippen LogP contribution in [0, 0.1) is 0 Å². The first kappa shape index (κ1) is 28.0. The number of likely N-dealkylation sites (N-methyl/N-ethyl adjacent to an activating group) is 1. The molecule has 0 spiro atoms. The zero-order chi connectivity index (χ0) is 28.2. The number of hydrazine groups is 1. The molecule has 40 heavy (non-hydrogen) atoms. The molecule has 0 radical (unpaired) electrons. The number of piperazine rings is 1. The standard InChI is InChI=1S/C30H31Cl2N5O3/c1-2-35-20-28(38)36-26(16-21-9-5-3-6-10-21)29(39)34(18-23-13-14-24(31)25(32)15-23)19-27(36)37(35)30(40)33-17-22-11-7-4-8-12-22/h3-15,26-27H,2,16-20H2,1H3,(H,33,40)/t26-,27-/m0/s1. The molecule has 1 N–H and O–H groups in total. The molecular formula is C30H31Cl2N5O3. The van der Waals surface area contributed by atoms with E-state index in [0.717, 1.165) is 16.7 Å². The van der Waals surface area contributed by atoms with Crippen LogP contribution in [0.25, 0.3) is 0 Å². The summed E-state index contributed by atoms with van der Waals surface area (Å²) in [6.07, 6.45) is -0.336. The van der Waals surface area contributed by atoms with Gasteiger partial charge in [-0.05, 0) is 28.8 Å². The smallest absolute Gasteiger partial charge is 0.333 e. The van der Waals surface area contributed by atoms with Crippen molar-refractivity contribution < 1.29 is 14.4 Å². The number of hydrogen-bond acceptors (Lipinski definition) is 4. The van der Waals surface area contributed by atoms with Gasteiger partial charge >= 0.3 is 6.03 Å². The van der Waals surface area contributed by atoms with Crippen LogP contribution in [0.5, 0.6) is 0 Å². The topological polar surface area (TPSA) is 76.2 Å². The van der Waals surface area contributed by atoms with Crippen LogP contribution < -0.4 is 5.32 Å². The van der Waals surface area contributed by atoms with Crippen molar-refractivity contribution in [2.24, 2.45) is 0 Å². The highest BCUT2D eigenvalue weighted by Gasteiger charge is 2.51. The van der Waals surface area contributed by atoms with Crippen LogP contribution in [-0.2, 0) is 29.1 Å². The van der Waals surface area contributed by atoms with E-state index in [1.807, 2.05) is 73.7 Å². The lowest BCUT2D eigenvalue weighted by molar-refractivity contribution is -0.190. The third-order valence-corrected chi connectivity index (χ3v) is 8.06. The van der Waals surface area contributed by atoms with Gasteiger partial charge in [0.05, 0.1) is 23.1 Å². The lowest BCUT2D eigenvalue weighted by Gasteiger charge is -2.55. The SMILES string of the molecule is CCN1CC(=O)N2[C@@H](Cc3ccccc3)C(=O)N(Cc3ccc(Cl)c(Cl)c3)C[C@@H]2N1C(=O)NCc1ccccc1. The number of rotatable bonds is 7. The predicted molar refractivity (Wildman–Crippen MR) is 154 cm³/mol. The van der Waals surface area contributed by atoms with Crippen molar-refractivity contribution in [1.82, 2.24) is 25.1 Å². The number of nitrogens with zero attached hydrogens (tertiary/aromatic N) is 4. The third-order valence-electron chi connectivity index (χ3n) is 7.32. The van der Waals surface area contributed by atoms with Crippen molar-refractivity contribution in [2.45, 2.75) is 38.6 Å². The Hall–Kier alpha value is -3.59. The van der Waals surface area contributed by atoms with Crippen LogP contribution in [0.4, 0.5) is 4.79 Å². The zero-order valence-corrected chi connectivity index (χ0v) is 23.7. The van der Waals surface area contributed by atoms with E-state index in [4.69, 9.17) is 23.2 Å². The van der Waals surface area contributed by atoms with E-state index in [1.165, 1.54) is 0 Å². The van der Waals surface area contributed by atoms with Gasteiger partial charge in [-0.1, -0.05) is 96.9 Å². The van der Waals surface area contributed by atoms with Crippen molar-refractivity contribution in [3.8, 4) is 0 Å². The maximum Gasteiger partial charge on any atom is 0.334 e. The maximum atomic E-state index is 14.0. The van der Waals surface area contributed by atoms with Crippen LogP contribution in [0.15, 0.2) is 78.9 Å². The van der Waals surface area contributed by atoms with Crippen molar-refractivity contribution in [1.29, 1.82) is 0 Å². The summed E-state index contributed by atoms with van der Waals surface area (Å²) in [6, 6.07) is 23.4. The Bertz CT molecular complexity index is 1370. The highest BCUT2D eigenvalue weighted by molar-refractivity contribution is 6.42. The first-order valence-corrected chi connectivity index (χ1v) is 14.0. The fraction of sp³-hybridized carbons (Fsp3) is 0.300. The molecule has 0 saturated carbocycles. The second-order valence-electron chi connectivity index (χ2n) is 9.92. The van der Waals surface area contributed by atoms with Gasteiger partial charge in [0.15, 0.2) is 0 Å². The molecule has 3 aromatic rings. The highest BCUT2D eigenvalue weighted by Crippen LogP contribution is 2.30. The average Bonchev–Trinajstić information content (AvgIpc) is 2.96. The van der Waals surface area contributed by atoms with Gasteiger partial charge in [-0.15, -0.1) is 0 Å². The number of nitrogens with one attached hydrogen (secondary N) is 1. The Balaban J connectivity index is 1.48. The summed E-state index contributed by atoms with van der Waals surface area (Å²) in [6.45, 7) is 3.14. The van der Waals surface area contributed by atoms with Crippen LogP contribution in [-0.4, -0.2) is 69.5 Å². The summed E-state index contributed by atoms with van der Waals surface area (Å²) in [4.78, 5) is 44.5. The minimum absolute atomic E-state index is 0.0110. The van der Waals surface area contributed by atoms with Crippen LogP contribution >= 0.6 is 23.2 Å². The molecule has 2 fully saturated rings. The number of benzene rings is 3. The van der Waals surface area contributed by atoms with E-state index < -0.39 is 12.2 Å². The van der Waals surface area contributed by atoms with Gasteiger partial charge in [-0.25, -0.2) is 14.8 Å².